The number of amides is 4. The SMILES string of the molecule is CCc1c(F)ccc2cc(OCOC)cc(-c3ncc4c(N5CCCC6(C5)NC(=O)NC6=O)nc(OC[C@]56CCCN5[C@H](COC(=O)N(C)C)CC6)nc4c3F)c12. The van der Waals surface area contributed by atoms with Crippen LogP contribution in [0.4, 0.5) is 24.2 Å². The Morgan fingerprint density at radius 2 is 1.89 bits per heavy atom. The molecule has 17 heteroatoms. The third-order valence-electron chi connectivity index (χ3n) is 11.8. The normalized spacial score (nSPS) is 23.3. The van der Waals surface area contributed by atoms with E-state index in [9.17, 15) is 14.4 Å². The van der Waals surface area contributed by atoms with Gasteiger partial charge in [0, 0.05) is 45.6 Å². The van der Waals surface area contributed by atoms with Crippen LogP contribution in [-0.4, -0.2) is 121 Å². The summed E-state index contributed by atoms with van der Waals surface area (Å²) in [6.07, 6.45) is 5.76. The largest absolute Gasteiger partial charge is 0.468 e. The van der Waals surface area contributed by atoms with Crippen LogP contribution >= 0.6 is 0 Å². The summed E-state index contributed by atoms with van der Waals surface area (Å²) >= 11 is 0. The third kappa shape index (κ3) is 6.89. The van der Waals surface area contributed by atoms with Crippen LogP contribution in [0.15, 0.2) is 30.5 Å². The average molecular weight is 789 g/mol. The monoisotopic (exact) mass is 788 g/mol. The number of aromatic nitrogens is 3. The number of rotatable bonds is 11. The number of carbonyl (C=O) groups is 3. The quantitative estimate of drug-likeness (QED) is 0.156. The summed E-state index contributed by atoms with van der Waals surface area (Å²) in [5, 5.41) is 6.54. The number of nitrogens with one attached hydrogen (secondary N) is 2. The molecule has 15 nitrogen and oxygen atoms in total. The summed E-state index contributed by atoms with van der Waals surface area (Å²) in [7, 11) is 4.78. The maximum atomic E-state index is 17.4. The molecule has 57 heavy (non-hydrogen) atoms. The Morgan fingerprint density at radius 3 is 2.65 bits per heavy atom. The Hall–Kier alpha value is -5.42. The molecule has 0 radical (unpaired) electrons. The number of hydrogen-bond acceptors (Lipinski definition) is 12. The van der Waals surface area contributed by atoms with E-state index in [0.717, 1.165) is 32.2 Å². The van der Waals surface area contributed by atoms with E-state index < -0.39 is 35.2 Å². The van der Waals surface area contributed by atoms with Crippen LogP contribution in [0.25, 0.3) is 32.9 Å². The molecule has 0 saturated carbocycles. The highest BCUT2D eigenvalue weighted by molar-refractivity contribution is 6.08. The number of halogens is 2. The zero-order chi connectivity index (χ0) is 40.1. The summed E-state index contributed by atoms with van der Waals surface area (Å²) in [5.41, 5.74) is -0.996. The maximum Gasteiger partial charge on any atom is 0.409 e. The van der Waals surface area contributed by atoms with E-state index in [1.807, 2.05) is 11.8 Å². The van der Waals surface area contributed by atoms with Gasteiger partial charge in [0.25, 0.3) is 5.91 Å². The van der Waals surface area contributed by atoms with Crippen molar-refractivity contribution in [3.05, 3.63) is 47.7 Å². The molecule has 4 aromatic rings. The number of aryl methyl sites for hydroxylation is 1. The number of fused-ring (bicyclic) bond motifs is 3. The molecule has 8 rings (SSSR count). The molecule has 2 aromatic carbocycles. The first kappa shape index (κ1) is 38.5. The second-order valence-corrected chi connectivity index (χ2v) is 15.5. The van der Waals surface area contributed by atoms with Gasteiger partial charge in [-0.05, 0) is 86.0 Å². The highest BCUT2D eigenvalue weighted by atomic mass is 19.1. The lowest BCUT2D eigenvalue weighted by Crippen LogP contribution is -2.58. The number of imide groups is 1. The second-order valence-electron chi connectivity index (χ2n) is 15.5. The van der Waals surface area contributed by atoms with Gasteiger partial charge in [-0.15, -0.1) is 0 Å². The number of ether oxygens (including phenoxy) is 4. The van der Waals surface area contributed by atoms with Crippen LogP contribution in [-0.2, 0) is 20.7 Å². The topological polar surface area (TPSA) is 161 Å². The molecular formula is C40H46F2N8O7. The van der Waals surface area contributed by atoms with Crippen LogP contribution in [0.2, 0.25) is 0 Å². The number of pyridine rings is 1. The molecule has 1 unspecified atom stereocenters. The number of benzene rings is 2. The summed E-state index contributed by atoms with van der Waals surface area (Å²) in [4.78, 5) is 57.3. The number of anilines is 1. The zero-order valence-electron chi connectivity index (χ0n) is 32.5. The highest BCUT2D eigenvalue weighted by Gasteiger charge is 2.51. The van der Waals surface area contributed by atoms with E-state index in [1.165, 1.54) is 24.3 Å². The number of methoxy groups -OCH3 is 1. The molecule has 302 valence electrons. The number of urea groups is 1. The van der Waals surface area contributed by atoms with Crippen molar-refractivity contribution in [2.45, 2.75) is 69.0 Å². The van der Waals surface area contributed by atoms with Gasteiger partial charge in [0.1, 0.15) is 47.3 Å². The van der Waals surface area contributed by atoms with E-state index in [0.29, 0.717) is 59.3 Å². The van der Waals surface area contributed by atoms with Gasteiger partial charge in [0.2, 0.25) is 0 Å². The first-order chi connectivity index (χ1) is 27.5. The van der Waals surface area contributed by atoms with Crippen LogP contribution in [0.1, 0.15) is 51.0 Å². The van der Waals surface area contributed by atoms with Crippen molar-refractivity contribution >= 4 is 45.5 Å². The zero-order valence-corrected chi connectivity index (χ0v) is 32.5. The van der Waals surface area contributed by atoms with Crippen LogP contribution < -0.4 is 25.0 Å². The molecular weight excluding hydrogens is 742 g/mol. The van der Waals surface area contributed by atoms with Crippen molar-refractivity contribution in [3.8, 4) is 23.0 Å². The van der Waals surface area contributed by atoms with Crippen molar-refractivity contribution in [2.24, 2.45) is 0 Å². The first-order valence-electron chi connectivity index (χ1n) is 19.3. The molecule has 3 atom stereocenters. The summed E-state index contributed by atoms with van der Waals surface area (Å²) in [5.74, 6) is -0.966. The summed E-state index contributed by atoms with van der Waals surface area (Å²) < 4.78 is 55.6. The standard InChI is InChI=1S/C40H46F2N8O7/c1-5-26-29(41)9-8-23-16-25(57-22-54-4)17-27(30(23)26)32-31(42)33-28(18-43-32)34(49-14-7-12-40(20-49)35(51)46-36(52)47-40)45-37(44-33)56-21-39-11-6-15-50(39)24(10-13-39)19-55-38(53)48(2)3/h8-9,16-18,24H,5-7,10-15,19-22H2,1-4H3,(H2,46,47,51,52)/t24-,39+,40?/m0/s1. The van der Waals surface area contributed by atoms with Gasteiger partial charge in [0.15, 0.2) is 12.6 Å². The van der Waals surface area contributed by atoms with Gasteiger partial charge in [-0.1, -0.05) is 13.0 Å². The number of hydrogen-bond donors (Lipinski definition) is 2. The van der Waals surface area contributed by atoms with E-state index in [4.69, 9.17) is 23.9 Å². The predicted octanol–water partition coefficient (Wildman–Crippen LogP) is 4.92. The van der Waals surface area contributed by atoms with Gasteiger partial charge < -0.3 is 34.1 Å². The molecule has 4 aliphatic heterocycles. The Labute approximate surface area is 328 Å². The smallest absolute Gasteiger partial charge is 0.409 e. The van der Waals surface area contributed by atoms with Gasteiger partial charge in [-0.25, -0.2) is 18.4 Å². The molecule has 4 saturated heterocycles. The Balaban J connectivity index is 1.21. The van der Waals surface area contributed by atoms with Crippen molar-refractivity contribution in [1.82, 2.24) is 35.4 Å². The van der Waals surface area contributed by atoms with Crippen molar-refractivity contribution in [1.29, 1.82) is 0 Å². The van der Waals surface area contributed by atoms with Gasteiger partial charge in [-0.3, -0.25) is 20.0 Å². The fourth-order valence-corrected chi connectivity index (χ4v) is 9.08. The van der Waals surface area contributed by atoms with Gasteiger partial charge in [-0.2, -0.15) is 9.97 Å². The molecule has 4 amide bonds. The van der Waals surface area contributed by atoms with E-state index >= 15 is 8.78 Å². The van der Waals surface area contributed by atoms with Crippen LogP contribution in [0, 0.1) is 11.6 Å². The fourth-order valence-electron chi connectivity index (χ4n) is 9.08. The Kier molecular flexibility index (Phi) is 10.2. The average Bonchev–Trinajstić information content (AvgIpc) is 3.85. The Morgan fingerprint density at radius 1 is 1.07 bits per heavy atom. The first-order valence-corrected chi connectivity index (χ1v) is 19.3. The van der Waals surface area contributed by atoms with Crippen molar-refractivity contribution in [3.63, 3.8) is 0 Å². The molecule has 1 spiro atoms. The van der Waals surface area contributed by atoms with Crippen LogP contribution in [0.5, 0.6) is 11.8 Å². The molecule has 6 heterocycles. The summed E-state index contributed by atoms with van der Waals surface area (Å²) in [6.45, 7) is 3.58. The lowest BCUT2D eigenvalue weighted by atomic mass is 9.89. The second kappa shape index (κ2) is 15.2. The number of carbonyl (C=O) groups excluding carboxylic acids is 3. The lowest BCUT2D eigenvalue weighted by molar-refractivity contribution is -0.124. The minimum absolute atomic E-state index is 0.0211. The van der Waals surface area contributed by atoms with E-state index in [1.54, 1.807) is 32.3 Å². The van der Waals surface area contributed by atoms with Gasteiger partial charge in [0.05, 0.1) is 17.5 Å². The third-order valence-corrected chi connectivity index (χ3v) is 11.8. The molecule has 0 bridgehead atoms. The lowest BCUT2D eigenvalue weighted by Gasteiger charge is -2.39. The summed E-state index contributed by atoms with van der Waals surface area (Å²) in [6, 6.07) is 5.74. The van der Waals surface area contributed by atoms with Crippen molar-refractivity contribution < 1.29 is 42.1 Å². The van der Waals surface area contributed by atoms with Crippen molar-refractivity contribution in [2.75, 3.05) is 65.7 Å². The highest BCUT2D eigenvalue weighted by Crippen LogP contribution is 2.44. The molecule has 4 fully saturated rings. The molecule has 4 aliphatic rings. The number of nitrogens with zero attached hydrogens (tertiary/aromatic N) is 6. The minimum Gasteiger partial charge on any atom is -0.468 e. The minimum atomic E-state index is -1.19. The number of piperidine rings is 1. The molecule has 2 aromatic heterocycles. The van der Waals surface area contributed by atoms with E-state index in [-0.39, 0.29) is 60.7 Å². The molecule has 2 N–H and O–H groups in total. The predicted molar refractivity (Wildman–Crippen MR) is 205 cm³/mol. The maximum absolute atomic E-state index is 17.4. The fraction of sp³-hybridized carbons (Fsp3) is 0.500. The van der Waals surface area contributed by atoms with Crippen LogP contribution in [0.3, 0.4) is 0 Å². The molecule has 0 aliphatic carbocycles. The van der Waals surface area contributed by atoms with Gasteiger partial charge >= 0.3 is 18.1 Å². The Bertz CT molecular complexity index is 2260. The van der Waals surface area contributed by atoms with E-state index in [2.05, 4.69) is 25.5 Å².